The number of unbranched alkanes of at least 4 members (excludes halogenated alkanes) is 1. The van der Waals surface area contributed by atoms with E-state index >= 15 is 0 Å². The Bertz CT molecular complexity index is 476. The van der Waals surface area contributed by atoms with Gasteiger partial charge in [0.2, 0.25) is 0 Å². The molecule has 0 unspecified atom stereocenters. The van der Waals surface area contributed by atoms with Crippen molar-refractivity contribution in [2.24, 2.45) is 0 Å². The molecule has 96 valence electrons. The van der Waals surface area contributed by atoms with Crippen LogP contribution < -0.4 is 4.74 Å². The zero-order valence-electron chi connectivity index (χ0n) is 9.73. The predicted octanol–water partition coefficient (Wildman–Crippen LogP) is 3.73. The molecule has 1 amide bonds. The Morgan fingerprint density at radius 3 is 2.83 bits per heavy atom. The van der Waals surface area contributed by atoms with Crippen LogP contribution >= 0.6 is 27.5 Å². The van der Waals surface area contributed by atoms with Crippen LogP contribution in [0.2, 0.25) is 0 Å². The Hall–Kier alpha value is -1.000. The molecule has 0 saturated carbocycles. The number of rotatable bonds is 4. The Kier molecular flexibility index (Phi) is 4.66. The van der Waals surface area contributed by atoms with E-state index in [9.17, 15) is 4.79 Å². The minimum absolute atomic E-state index is 0.0548. The second kappa shape index (κ2) is 6.25. The van der Waals surface area contributed by atoms with Gasteiger partial charge in [0, 0.05) is 12.4 Å². The number of ether oxygens (including phenoxy) is 1. The molecule has 2 rings (SSSR count). The molecule has 1 aliphatic heterocycles. The fraction of sp³-hybridized carbons (Fsp3) is 0.308. The highest BCUT2D eigenvalue weighted by atomic mass is 79.9. The number of halogens is 2. The van der Waals surface area contributed by atoms with Gasteiger partial charge in [0.25, 0.3) is 5.91 Å². The third-order valence-corrected chi connectivity index (χ3v) is 3.55. The molecule has 18 heavy (non-hydrogen) atoms. The molecule has 0 aliphatic carbocycles. The van der Waals surface area contributed by atoms with E-state index in [-0.39, 0.29) is 5.91 Å². The maximum Gasteiger partial charge on any atom is 0.262 e. The van der Waals surface area contributed by atoms with E-state index in [1.165, 1.54) is 0 Å². The average molecular weight is 331 g/mol. The number of nitrogens with zero attached hydrogens (tertiary/aromatic N) is 1. The summed E-state index contributed by atoms with van der Waals surface area (Å²) in [7, 11) is 0. The molecule has 0 saturated heterocycles. The normalized spacial score (nSPS) is 14.7. The smallest absolute Gasteiger partial charge is 0.262 e. The minimum Gasteiger partial charge on any atom is -0.461 e. The molecule has 0 atom stereocenters. The first-order valence-electron chi connectivity index (χ1n) is 5.73. The van der Waals surface area contributed by atoms with Crippen LogP contribution in [0.1, 0.15) is 23.2 Å². The molecule has 1 aromatic carbocycles. The molecule has 0 N–H and O–H groups in total. The zero-order valence-corrected chi connectivity index (χ0v) is 12.1. The van der Waals surface area contributed by atoms with Gasteiger partial charge in [-0.25, -0.2) is 0 Å². The molecule has 1 aromatic rings. The summed E-state index contributed by atoms with van der Waals surface area (Å²) in [6, 6.07) is 7.23. The molecule has 0 spiro atoms. The SMILES string of the molecule is O=C1c2ccccc2OC=C(Br)N1CCCCCl. The summed E-state index contributed by atoms with van der Waals surface area (Å²) in [4.78, 5) is 14.0. The maximum absolute atomic E-state index is 12.4. The van der Waals surface area contributed by atoms with E-state index in [0.717, 1.165) is 12.8 Å². The van der Waals surface area contributed by atoms with Crippen LogP contribution in [-0.4, -0.2) is 23.2 Å². The lowest BCUT2D eigenvalue weighted by molar-refractivity contribution is 0.0818. The third-order valence-electron chi connectivity index (χ3n) is 2.67. The van der Waals surface area contributed by atoms with E-state index in [4.69, 9.17) is 16.3 Å². The Morgan fingerprint density at radius 1 is 1.28 bits per heavy atom. The van der Waals surface area contributed by atoms with Gasteiger partial charge in [-0.05, 0) is 40.9 Å². The first kappa shape index (κ1) is 13.4. The number of benzene rings is 1. The number of carbonyl (C=O) groups excluding carboxylic acids is 1. The Morgan fingerprint density at radius 2 is 2.06 bits per heavy atom. The highest BCUT2D eigenvalue weighted by Crippen LogP contribution is 2.28. The zero-order chi connectivity index (χ0) is 13.0. The van der Waals surface area contributed by atoms with Crippen LogP contribution in [0.3, 0.4) is 0 Å². The molecule has 5 heteroatoms. The van der Waals surface area contributed by atoms with E-state index in [1.54, 1.807) is 23.3 Å². The van der Waals surface area contributed by atoms with Crippen molar-refractivity contribution in [3.8, 4) is 5.75 Å². The fourth-order valence-corrected chi connectivity index (χ4v) is 2.36. The number of amides is 1. The van der Waals surface area contributed by atoms with Crippen molar-refractivity contribution in [2.75, 3.05) is 12.4 Å². The summed E-state index contributed by atoms with van der Waals surface area (Å²) in [5, 5.41) is 0. The highest BCUT2D eigenvalue weighted by molar-refractivity contribution is 9.11. The van der Waals surface area contributed by atoms with E-state index in [0.29, 0.717) is 28.3 Å². The highest BCUT2D eigenvalue weighted by Gasteiger charge is 2.24. The van der Waals surface area contributed by atoms with Crippen molar-refractivity contribution in [3.63, 3.8) is 0 Å². The summed E-state index contributed by atoms with van der Waals surface area (Å²) >= 11 is 9.02. The standard InChI is InChI=1S/C13H13BrClNO2/c14-12-9-18-11-6-2-1-5-10(11)13(17)16(12)8-4-3-7-15/h1-2,5-6,9H,3-4,7-8H2. The maximum atomic E-state index is 12.4. The molecular formula is C13H13BrClNO2. The Balaban J connectivity index is 2.22. The number of hydrogen-bond acceptors (Lipinski definition) is 2. The van der Waals surface area contributed by atoms with Gasteiger partial charge in [0.15, 0.2) is 0 Å². The van der Waals surface area contributed by atoms with Crippen molar-refractivity contribution >= 4 is 33.4 Å². The van der Waals surface area contributed by atoms with Gasteiger partial charge in [0.05, 0.1) is 5.56 Å². The van der Waals surface area contributed by atoms with Gasteiger partial charge in [0.1, 0.15) is 16.6 Å². The summed E-state index contributed by atoms with van der Waals surface area (Å²) in [6.07, 6.45) is 3.29. The molecule has 0 aromatic heterocycles. The van der Waals surface area contributed by atoms with Crippen molar-refractivity contribution in [3.05, 3.63) is 40.7 Å². The predicted molar refractivity (Wildman–Crippen MR) is 75.1 cm³/mol. The van der Waals surface area contributed by atoms with Crippen LogP contribution in [0.4, 0.5) is 0 Å². The molecule has 1 heterocycles. The molecule has 3 nitrogen and oxygen atoms in total. The lowest BCUT2D eigenvalue weighted by Crippen LogP contribution is -2.28. The number of para-hydroxylation sites is 1. The van der Waals surface area contributed by atoms with Crippen LogP contribution in [0.5, 0.6) is 5.75 Å². The summed E-state index contributed by atoms with van der Waals surface area (Å²) in [6.45, 7) is 0.625. The second-order valence-electron chi connectivity index (χ2n) is 3.91. The van der Waals surface area contributed by atoms with Crippen LogP contribution in [-0.2, 0) is 0 Å². The van der Waals surface area contributed by atoms with Crippen molar-refractivity contribution < 1.29 is 9.53 Å². The van der Waals surface area contributed by atoms with Gasteiger partial charge in [-0.15, -0.1) is 11.6 Å². The first-order valence-corrected chi connectivity index (χ1v) is 7.06. The Labute approximate surface area is 119 Å². The van der Waals surface area contributed by atoms with Gasteiger partial charge in [-0.3, -0.25) is 9.69 Å². The number of hydrogen-bond donors (Lipinski definition) is 0. The second-order valence-corrected chi connectivity index (χ2v) is 5.10. The van der Waals surface area contributed by atoms with Crippen molar-refractivity contribution in [1.29, 1.82) is 0 Å². The summed E-state index contributed by atoms with van der Waals surface area (Å²) < 4.78 is 6.11. The van der Waals surface area contributed by atoms with Gasteiger partial charge >= 0.3 is 0 Å². The van der Waals surface area contributed by atoms with Crippen molar-refractivity contribution in [1.82, 2.24) is 4.90 Å². The van der Waals surface area contributed by atoms with Crippen LogP contribution in [0.25, 0.3) is 0 Å². The number of carbonyl (C=O) groups is 1. The summed E-state index contributed by atoms with van der Waals surface area (Å²) in [5.41, 5.74) is 0.578. The lowest BCUT2D eigenvalue weighted by Gasteiger charge is -2.19. The molecule has 0 fully saturated rings. The number of fused-ring (bicyclic) bond motifs is 1. The molecule has 0 radical (unpaired) electrons. The fourth-order valence-electron chi connectivity index (χ4n) is 1.74. The van der Waals surface area contributed by atoms with E-state index < -0.39 is 0 Å². The first-order chi connectivity index (χ1) is 8.74. The van der Waals surface area contributed by atoms with Gasteiger partial charge < -0.3 is 4.74 Å². The quantitative estimate of drug-likeness (QED) is 0.478. The van der Waals surface area contributed by atoms with Gasteiger partial charge in [-0.1, -0.05) is 12.1 Å². The molecule has 1 aliphatic rings. The van der Waals surface area contributed by atoms with Crippen LogP contribution in [0, 0.1) is 0 Å². The lowest BCUT2D eigenvalue weighted by atomic mass is 10.1. The molecule has 0 bridgehead atoms. The third kappa shape index (κ3) is 2.87. The van der Waals surface area contributed by atoms with Gasteiger partial charge in [-0.2, -0.15) is 0 Å². The van der Waals surface area contributed by atoms with E-state index in [2.05, 4.69) is 15.9 Å². The van der Waals surface area contributed by atoms with Crippen LogP contribution in [0.15, 0.2) is 35.1 Å². The average Bonchev–Trinajstić information content (AvgIpc) is 2.51. The van der Waals surface area contributed by atoms with E-state index in [1.807, 2.05) is 12.1 Å². The molecular weight excluding hydrogens is 318 g/mol. The minimum atomic E-state index is -0.0548. The largest absolute Gasteiger partial charge is 0.461 e. The van der Waals surface area contributed by atoms with Crippen molar-refractivity contribution in [2.45, 2.75) is 12.8 Å². The topological polar surface area (TPSA) is 29.5 Å². The monoisotopic (exact) mass is 329 g/mol. The summed E-state index contributed by atoms with van der Waals surface area (Å²) in [5.74, 6) is 1.14. The number of alkyl halides is 1.